The molecule has 1 aromatic heterocycles. The molecule has 0 radical (unpaired) electrons. The summed E-state index contributed by atoms with van der Waals surface area (Å²) in [5.41, 5.74) is 10.6. The van der Waals surface area contributed by atoms with E-state index in [2.05, 4.69) is 25.8 Å². The van der Waals surface area contributed by atoms with Crippen molar-refractivity contribution >= 4 is 28.8 Å². The standard InChI is InChI=1S/C14H14ClN5/c1-7-4-11-12(5-9(7)15)18-14(17-11)13-8-6-16-3-2-10(8)19-20-13/h2-5,8,13,19-20H,6H2,1H3,(H,17,18). The van der Waals surface area contributed by atoms with Crippen LogP contribution in [0, 0.1) is 12.8 Å². The molecule has 20 heavy (non-hydrogen) atoms. The van der Waals surface area contributed by atoms with Crippen molar-refractivity contribution in [2.24, 2.45) is 10.9 Å². The monoisotopic (exact) mass is 287 g/mol. The lowest BCUT2D eigenvalue weighted by atomic mass is 9.97. The van der Waals surface area contributed by atoms with Crippen LogP contribution < -0.4 is 10.9 Å². The zero-order valence-electron chi connectivity index (χ0n) is 10.9. The Balaban J connectivity index is 1.76. The molecule has 1 saturated heterocycles. The molecule has 2 aliphatic heterocycles. The van der Waals surface area contributed by atoms with E-state index in [9.17, 15) is 0 Å². The number of imidazole rings is 1. The molecule has 0 spiro atoms. The maximum atomic E-state index is 6.16. The van der Waals surface area contributed by atoms with Crippen LogP contribution in [-0.4, -0.2) is 22.7 Å². The van der Waals surface area contributed by atoms with Crippen LogP contribution in [0.1, 0.15) is 17.4 Å². The van der Waals surface area contributed by atoms with Gasteiger partial charge < -0.3 is 10.4 Å². The number of aromatic amines is 1. The Morgan fingerprint density at radius 1 is 1.35 bits per heavy atom. The summed E-state index contributed by atoms with van der Waals surface area (Å²) in [6.45, 7) is 2.77. The van der Waals surface area contributed by atoms with Crippen LogP contribution in [0.3, 0.4) is 0 Å². The molecule has 2 aliphatic rings. The second-order valence-corrected chi connectivity index (χ2v) is 5.64. The Bertz CT molecular complexity index is 706. The average molecular weight is 288 g/mol. The first kappa shape index (κ1) is 11.9. The van der Waals surface area contributed by atoms with E-state index >= 15 is 0 Å². The summed E-state index contributed by atoms with van der Waals surface area (Å²) in [6.07, 6.45) is 3.84. The van der Waals surface area contributed by atoms with Crippen LogP contribution in [0.5, 0.6) is 0 Å². The molecule has 2 unspecified atom stereocenters. The van der Waals surface area contributed by atoms with Gasteiger partial charge in [0.1, 0.15) is 5.82 Å². The largest absolute Gasteiger partial charge is 0.341 e. The summed E-state index contributed by atoms with van der Waals surface area (Å²) in [5, 5.41) is 0.746. The highest BCUT2D eigenvalue weighted by molar-refractivity contribution is 6.32. The summed E-state index contributed by atoms with van der Waals surface area (Å²) < 4.78 is 0. The number of hydrazine groups is 1. The van der Waals surface area contributed by atoms with E-state index in [-0.39, 0.29) is 6.04 Å². The van der Waals surface area contributed by atoms with Crippen LogP contribution in [0.15, 0.2) is 28.9 Å². The molecule has 2 aromatic rings. The second kappa shape index (κ2) is 4.33. The van der Waals surface area contributed by atoms with Gasteiger partial charge in [-0.1, -0.05) is 11.6 Å². The Hall–Kier alpha value is -1.85. The highest BCUT2D eigenvalue weighted by atomic mass is 35.5. The lowest BCUT2D eigenvalue weighted by Crippen LogP contribution is -2.25. The van der Waals surface area contributed by atoms with Crippen LogP contribution in [0.2, 0.25) is 5.02 Å². The quantitative estimate of drug-likeness (QED) is 0.754. The van der Waals surface area contributed by atoms with Gasteiger partial charge >= 0.3 is 0 Å². The van der Waals surface area contributed by atoms with Crippen molar-refractivity contribution in [3.63, 3.8) is 0 Å². The van der Waals surface area contributed by atoms with Gasteiger partial charge in [-0.2, -0.15) is 0 Å². The summed E-state index contributed by atoms with van der Waals surface area (Å²) in [7, 11) is 0. The summed E-state index contributed by atoms with van der Waals surface area (Å²) in [4.78, 5) is 12.4. The van der Waals surface area contributed by atoms with E-state index in [1.807, 2.05) is 31.3 Å². The van der Waals surface area contributed by atoms with Crippen molar-refractivity contribution in [3.05, 3.63) is 40.3 Å². The van der Waals surface area contributed by atoms with Gasteiger partial charge in [0.05, 0.1) is 17.1 Å². The fourth-order valence-electron chi connectivity index (χ4n) is 2.78. The third-order valence-corrected chi connectivity index (χ3v) is 4.32. The van der Waals surface area contributed by atoms with E-state index in [0.29, 0.717) is 5.92 Å². The van der Waals surface area contributed by atoms with Gasteiger partial charge in [-0.3, -0.25) is 4.99 Å². The molecule has 0 saturated carbocycles. The van der Waals surface area contributed by atoms with Crippen molar-refractivity contribution in [2.45, 2.75) is 13.0 Å². The van der Waals surface area contributed by atoms with Crippen LogP contribution in [-0.2, 0) is 0 Å². The summed E-state index contributed by atoms with van der Waals surface area (Å²) in [6, 6.07) is 4.04. The zero-order chi connectivity index (χ0) is 13.7. The number of allylic oxidation sites excluding steroid dienone is 1. The number of benzene rings is 1. The molecule has 0 bridgehead atoms. The topological polar surface area (TPSA) is 65.1 Å². The first-order valence-corrected chi connectivity index (χ1v) is 6.97. The number of nitrogens with one attached hydrogen (secondary N) is 3. The number of dihydropyridines is 1. The SMILES string of the molecule is Cc1cc2[nH]c(C3NNC4=CC=NCC43)nc2cc1Cl. The lowest BCUT2D eigenvalue weighted by molar-refractivity contribution is 0.473. The molecule has 102 valence electrons. The molecule has 5 nitrogen and oxygen atoms in total. The van der Waals surface area contributed by atoms with Crippen molar-refractivity contribution in [3.8, 4) is 0 Å². The normalized spacial score (nSPS) is 24.6. The molecule has 3 N–H and O–H groups in total. The predicted molar refractivity (Wildman–Crippen MR) is 79.8 cm³/mol. The van der Waals surface area contributed by atoms with Gasteiger partial charge in [-0.05, 0) is 30.7 Å². The van der Waals surface area contributed by atoms with Gasteiger partial charge in [-0.15, -0.1) is 0 Å². The minimum Gasteiger partial charge on any atom is -0.341 e. The zero-order valence-corrected chi connectivity index (χ0v) is 11.7. The minimum atomic E-state index is 0.102. The van der Waals surface area contributed by atoms with Crippen molar-refractivity contribution in [1.29, 1.82) is 0 Å². The Morgan fingerprint density at radius 3 is 3.15 bits per heavy atom. The third kappa shape index (κ3) is 1.74. The van der Waals surface area contributed by atoms with E-state index in [4.69, 9.17) is 11.6 Å². The lowest BCUT2D eigenvalue weighted by Gasteiger charge is -2.15. The minimum absolute atomic E-state index is 0.102. The van der Waals surface area contributed by atoms with Crippen molar-refractivity contribution in [2.75, 3.05) is 6.54 Å². The van der Waals surface area contributed by atoms with Crippen LogP contribution >= 0.6 is 11.6 Å². The summed E-state index contributed by atoms with van der Waals surface area (Å²) in [5.74, 6) is 1.22. The number of aryl methyl sites for hydroxylation is 1. The predicted octanol–water partition coefficient (Wildman–Crippen LogP) is 2.26. The maximum absolute atomic E-state index is 6.16. The number of halogens is 1. The molecule has 6 heteroatoms. The first-order valence-electron chi connectivity index (χ1n) is 6.59. The van der Waals surface area contributed by atoms with Gasteiger partial charge in [0.25, 0.3) is 0 Å². The fourth-order valence-corrected chi connectivity index (χ4v) is 2.93. The van der Waals surface area contributed by atoms with E-state index in [0.717, 1.165) is 34.0 Å². The Labute approximate surface area is 121 Å². The highest BCUT2D eigenvalue weighted by Gasteiger charge is 2.35. The van der Waals surface area contributed by atoms with Gasteiger partial charge in [-0.25, -0.2) is 10.4 Å². The maximum Gasteiger partial charge on any atom is 0.127 e. The number of fused-ring (bicyclic) bond motifs is 2. The first-order chi connectivity index (χ1) is 9.72. The van der Waals surface area contributed by atoms with Gasteiger partial charge in [0, 0.05) is 29.4 Å². The Kier molecular flexibility index (Phi) is 2.58. The fraction of sp³-hybridized carbons (Fsp3) is 0.286. The van der Waals surface area contributed by atoms with Gasteiger partial charge in [0.2, 0.25) is 0 Å². The number of hydrogen-bond donors (Lipinski definition) is 3. The van der Waals surface area contributed by atoms with Crippen molar-refractivity contribution < 1.29 is 0 Å². The number of aromatic nitrogens is 2. The molecule has 1 aromatic carbocycles. The Morgan fingerprint density at radius 2 is 2.25 bits per heavy atom. The molecule has 4 rings (SSSR count). The van der Waals surface area contributed by atoms with Crippen LogP contribution in [0.4, 0.5) is 0 Å². The highest BCUT2D eigenvalue weighted by Crippen LogP contribution is 2.32. The van der Waals surface area contributed by atoms with E-state index < -0.39 is 0 Å². The van der Waals surface area contributed by atoms with Gasteiger partial charge in [0.15, 0.2) is 0 Å². The molecule has 2 atom stereocenters. The molecule has 3 heterocycles. The molecule has 1 fully saturated rings. The average Bonchev–Trinajstić information content (AvgIpc) is 3.02. The molecular formula is C14H14ClN5. The van der Waals surface area contributed by atoms with E-state index in [1.165, 1.54) is 5.70 Å². The number of H-pyrrole nitrogens is 1. The second-order valence-electron chi connectivity index (χ2n) is 5.23. The molecular weight excluding hydrogens is 274 g/mol. The number of aliphatic imine (C=N–C) groups is 1. The summed E-state index contributed by atoms with van der Waals surface area (Å²) >= 11 is 6.16. The molecule has 0 aliphatic carbocycles. The third-order valence-electron chi connectivity index (χ3n) is 3.91. The van der Waals surface area contributed by atoms with E-state index in [1.54, 1.807) is 0 Å². The number of rotatable bonds is 1. The number of hydrogen-bond acceptors (Lipinski definition) is 4. The number of nitrogens with zero attached hydrogens (tertiary/aromatic N) is 2. The van der Waals surface area contributed by atoms with Crippen molar-refractivity contribution in [1.82, 2.24) is 20.8 Å². The molecule has 0 amide bonds. The smallest absolute Gasteiger partial charge is 0.127 e. The van der Waals surface area contributed by atoms with Crippen LogP contribution in [0.25, 0.3) is 11.0 Å².